The van der Waals surface area contributed by atoms with Crippen LogP contribution in [-0.2, 0) is 30.7 Å². The Morgan fingerprint density at radius 1 is 1.00 bits per heavy atom. The number of rotatable bonds is 11. The van der Waals surface area contributed by atoms with Gasteiger partial charge in [-0.05, 0) is 91.9 Å². The van der Waals surface area contributed by atoms with Crippen molar-refractivity contribution in [3.8, 4) is 17.0 Å². The number of aryl methyl sites for hydroxylation is 4. The molecular formula is C34H46N2O2. The number of benzene rings is 2. The Bertz CT molecular complexity index is 1210. The first kappa shape index (κ1) is 28.3. The Balaban J connectivity index is 1.75. The van der Waals surface area contributed by atoms with Crippen molar-refractivity contribution >= 4 is 0 Å². The van der Waals surface area contributed by atoms with Gasteiger partial charge in [0.2, 0.25) is 0 Å². The molecule has 1 saturated heterocycles. The summed E-state index contributed by atoms with van der Waals surface area (Å²) in [7, 11) is 1.81. The zero-order valence-corrected chi connectivity index (χ0v) is 24.6. The number of aromatic nitrogens is 1. The highest BCUT2D eigenvalue weighted by molar-refractivity contribution is 5.69. The van der Waals surface area contributed by atoms with Gasteiger partial charge in [0, 0.05) is 36.5 Å². The van der Waals surface area contributed by atoms with E-state index in [9.17, 15) is 0 Å². The fraction of sp³-hybridized carbons (Fsp3) is 0.500. The van der Waals surface area contributed by atoms with Crippen LogP contribution in [-0.4, -0.2) is 36.2 Å². The van der Waals surface area contributed by atoms with Crippen LogP contribution in [0.5, 0.6) is 5.75 Å². The maximum Gasteiger partial charge on any atom is 0.123 e. The molecule has 3 aromatic rings. The van der Waals surface area contributed by atoms with Gasteiger partial charge in [0.1, 0.15) is 12.4 Å². The van der Waals surface area contributed by atoms with E-state index in [1.165, 1.54) is 51.8 Å². The van der Waals surface area contributed by atoms with Crippen LogP contribution < -0.4 is 4.74 Å². The Kier molecular flexibility index (Phi) is 9.62. The molecule has 4 nitrogen and oxygen atoms in total. The molecule has 1 aliphatic rings. The first-order chi connectivity index (χ1) is 18.4. The molecule has 1 aromatic heterocycles. The van der Waals surface area contributed by atoms with E-state index < -0.39 is 0 Å². The van der Waals surface area contributed by atoms with Crippen molar-refractivity contribution in [1.82, 2.24) is 9.88 Å². The molecule has 1 atom stereocenters. The molecular weight excluding hydrogens is 468 g/mol. The molecule has 0 unspecified atom stereocenters. The molecule has 0 radical (unpaired) electrons. The zero-order chi connectivity index (χ0) is 27.2. The highest BCUT2D eigenvalue weighted by Gasteiger charge is 2.26. The molecule has 0 spiro atoms. The minimum atomic E-state index is 0.463. The first-order valence-electron chi connectivity index (χ1n) is 14.4. The topological polar surface area (TPSA) is 34.6 Å². The molecule has 0 saturated carbocycles. The van der Waals surface area contributed by atoms with Gasteiger partial charge in [0.15, 0.2) is 0 Å². The van der Waals surface area contributed by atoms with Gasteiger partial charge >= 0.3 is 0 Å². The maximum absolute atomic E-state index is 6.53. The molecule has 4 heteroatoms. The molecule has 2 heterocycles. The van der Waals surface area contributed by atoms with Gasteiger partial charge in [0.25, 0.3) is 0 Å². The Morgan fingerprint density at radius 2 is 1.74 bits per heavy atom. The van der Waals surface area contributed by atoms with Crippen molar-refractivity contribution in [3.05, 3.63) is 81.5 Å². The van der Waals surface area contributed by atoms with Gasteiger partial charge in [-0.1, -0.05) is 58.0 Å². The minimum Gasteiger partial charge on any atom is -0.489 e. The highest BCUT2D eigenvalue weighted by atomic mass is 16.5. The summed E-state index contributed by atoms with van der Waals surface area (Å²) < 4.78 is 12.1. The molecule has 1 fully saturated rings. The summed E-state index contributed by atoms with van der Waals surface area (Å²) in [6, 6.07) is 16.1. The van der Waals surface area contributed by atoms with E-state index in [-0.39, 0.29) is 0 Å². The van der Waals surface area contributed by atoms with Crippen LogP contribution in [0.2, 0.25) is 0 Å². The van der Waals surface area contributed by atoms with E-state index in [1.54, 1.807) is 0 Å². The van der Waals surface area contributed by atoms with Gasteiger partial charge in [-0.3, -0.25) is 9.88 Å². The van der Waals surface area contributed by atoms with Crippen molar-refractivity contribution in [2.75, 3.05) is 20.3 Å². The number of hydrogen-bond acceptors (Lipinski definition) is 4. The van der Waals surface area contributed by atoms with E-state index in [2.05, 4.69) is 88.9 Å². The van der Waals surface area contributed by atoms with Gasteiger partial charge < -0.3 is 9.47 Å². The second-order valence-corrected chi connectivity index (χ2v) is 11.1. The van der Waals surface area contributed by atoms with E-state index in [4.69, 9.17) is 14.5 Å². The molecule has 0 bridgehead atoms. The number of pyridine rings is 1. The monoisotopic (exact) mass is 514 g/mol. The third-order valence-electron chi connectivity index (χ3n) is 8.16. The molecule has 0 amide bonds. The minimum absolute atomic E-state index is 0.463. The lowest BCUT2D eigenvalue weighted by Crippen LogP contribution is -2.33. The predicted octanol–water partition coefficient (Wildman–Crippen LogP) is 7.80. The third-order valence-corrected chi connectivity index (χ3v) is 8.16. The van der Waals surface area contributed by atoms with Crippen LogP contribution >= 0.6 is 0 Å². The standard InChI is InChI=1S/C34H46N2O2/c1-8-26-12-10-13-27(9-2)34(26)32-18-29(20-36-17-11-14-30(36)21-37-7)31(25(6)35-32)22-38-33-19-28(23(3)4)16-15-24(33)5/h10,12-13,15-16,18-19,23,30H,8-9,11,14,17,20-22H2,1-7H3/t30-/m0/s1. The average Bonchev–Trinajstić information content (AvgIpc) is 3.34. The molecule has 204 valence electrons. The van der Waals surface area contributed by atoms with Crippen LogP contribution in [0.1, 0.15) is 85.5 Å². The second kappa shape index (κ2) is 12.9. The fourth-order valence-corrected chi connectivity index (χ4v) is 5.79. The summed E-state index contributed by atoms with van der Waals surface area (Å²) in [5.74, 6) is 1.43. The van der Waals surface area contributed by atoms with Crippen LogP contribution in [0.15, 0.2) is 42.5 Å². The molecule has 0 N–H and O–H groups in total. The summed E-state index contributed by atoms with van der Waals surface area (Å²) in [6.45, 7) is 16.5. The van der Waals surface area contributed by atoms with Gasteiger partial charge in [0.05, 0.1) is 12.3 Å². The van der Waals surface area contributed by atoms with Crippen LogP contribution in [0.4, 0.5) is 0 Å². The summed E-state index contributed by atoms with van der Waals surface area (Å²) in [5, 5.41) is 0. The quantitative estimate of drug-likeness (QED) is 0.261. The highest BCUT2D eigenvalue weighted by Crippen LogP contribution is 2.33. The molecule has 2 aromatic carbocycles. The molecule has 4 rings (SSSR count). The number of methoxy groups -OCH3 is 1. The van der Waals surface area contributed by atoms with E-state index in [0.717, 1.165) is 49.7 Å². The van der Waals surface area contributed by atoms with Gasteiger partial charge in [-0.25, -0.2) is 0 Å². The van der Waals surface area contributed by atoms with E-state index in [0.29, 0.717) is 18.6 Å². The zero-order valence-electron chi connectivity index (χ0n) is 24.6. The fourth-order valence-electron chi connectivity index (χ4n) is 5.79. The molecule has 1 aliphatic heterocycles. The third kappa shape index (κ3) is 6.30. The number of nitrogens with zero attached hydrogens (tertiary/aromatic N) is 2. The summed E-state index contributed by atoms with van der Waals surface area (Å²) in [5.41, 5.74) is 11.2. The maximum atomic E-state index is 6.53. The second-order valence-electron chi connectivity index (χ2n) is 11.1. The SMILES string of the molecule is CCc1cccc(CC)c1-c1cc(CN2CCC[C@H]2COC)c(COc2cc(C(C)C)ccc2C)c(C)n1. The molecule has 38 heavy (non-hydrogen) atoms. The van der Waals surface area contributed by atoms with Crippen LogP contribution in [0.25, 0.3) is 11.3 Å². The summed E-state index contributed by atoms with van der Waals surface area (Å²) in [6.07, 6.45) is 4.41. The van der Waals surface area contributed by atoms with Crippen molar-refractivity contribution in [2.24, 2.45) is 0 Å². The lowest BCUT2D eigenvalue weighted by Gasteiger charge is -2.26. The number of ether oxygens (including phenoxy) is 2. The van der Waals surface area contributed by atoms with Crippen LogP contribution in [0.3, 0.4) is 0 Å². The largest absolute Gasteiger partial charge is 0.489 e. The lowest BCUT2D eigenvalue weighted by atomic mass is 9.93. The number of likely N-dealkylation sites (tertiary alicyclic amines) is 1. The van der Waals surface area contributed by atoms with Crippen molar-refractivity contribution < 1.29 is 9.47 Å². The number of hydrogen-bond donors (Lipinski definition) is 0. The Morgan fingerprint density at radius 3 is 2.39 bits per heavy atom. The Labute approximate surface area is 230 Å². The average molecular weight is 515 g/mol. The van der Waals surface area contributed by atoms with Gasteiger partial charge in [-0.15, -0.1) is 0 Å². The van der Waals surface area contributed by atoms with E-state index >= 15 is 0 Å². The summed E-state index contributed by atoms with van der Waals surface area (Å²) in [4.78, 5) is 7.79. The first-order valence-corrected chi connectivity index (χ1v) is 14.4. The predicted molar refractivity (Wildman–Crippen MR) is 158 cm³/mol. The normalized spacial score (nSPS) is 15.9. The summed E-state index contributed by atoms with van der Waals surface area (Å²) >= 11 is 0. The van der Waals surface area contributed by atoms with Crippen molar-refractivity contribution in [1.29, 1.82) is 0 Å². The lowest BCUT2D eigenvalue weighted by molar-refractivity contribution is 0.111. The van der Waals surface area contributed by atoms with Crippen LogP contribution in [0, 0.1) is 13.8 Å². The van der Waals surface area contributed by atoms with E-state index in [1.807, 2.05) is 7.11 Å². The molecule has 0 aliphatic carbocycles. The Hall–Kier alpha value is -2.69. The smallest absolute Gasteiger partial charge is 0.123 e. The van der Waals surface area contributed by atoms with Gasteiger partial charge in [-0.2, -0.15) is 0 Å². The van der Waals surface area contributed by atoms with Crippen molar-refractivity contribution in [3.63, 3.8) is 0 Å². The van der Waals surface area contributed by atoms with Crippen molar-refractivity contribution in [2.45, 2.75) is 92.3 Å².